The normalized spacial score (nSPS) is 27.0. The van der Waals surface area contributed by atoms with E-state index in [-0.39, 0.29) is 23.9 Å². The molecule has 1 aliphatic carbocycles. The van der Waals surface area contributed by atoms with Crippen LogP contribution < -0.4 is 0 Å². The average molecular weight is 432 g/mol. The second-order valence-corrected chi connectivity index (χ2v) is 7.92. The average Bonchev–Trinajstić information content (AvgIpc) is 2.92. The molecule has 2 N–H and O–H groups in total. The molecule has 2 heterocycles. The maximum Gasteiger partial charge on any atom is 0.407 e. The second kappa shape index (κ2) is 5.95. The van der Waals surface area contributed by atoms with Crippen molar-refractivity contribution >= 4 is 34.6 Å². The van der Waals surface area contributed by atoms with Gasteiger partial charge in [0.2, 0.25) is 5.91 Å². The summed E-state index contributed by atoms with van der Waals surface area (Å²) in [4.78, 5) is 35.1. The third kappa shape index (κ3) is 2.92. The largest absolute Gasteiger partial charge is 0.465 e. The van der Waals surface area contributed by atoms with E-state index >= 15 is 0 Å². The number of piperidine rings is 1. The van der Waals surface area contributed by atoms with Gasteiger partial charge in [0.1, 0.15) is 11.9 Å². The number of amides is 2. The van der Waals surface area contributed by atoms with Crippen molar-refractivity contribution in [2.45, 2.75) is 44.8 Å². The molecule has 2 fully saturated rings. The Morgan fingerprint density at radius 3 is 2.70 bits per heavy atom. The number of halogens is 1. The van der Waals surface area contributed by atoms with Crippen LogP contribution >= 0.6 is 22.6 Å². The third-order valence-corrected chi connectivity index (χ3v) is 5.39. The first-order valence-corrected chi connectivity index (χ1v) is 8.87. The van der Waals surface area contributed by atoms with E-state index in [1.165, 1.54) is 7.05 Å². The van der Waals surface area contributed by atoms with Crippen molar-refractivity contribution in [1.82, 2.24) is 19.8 Å². The second-order valence-electron chi connectivity index (χ2n) is 6.76. The highest BCUT2D eigenvalue weighted by Crippen LogP contribution is 2.53. The van der Waals surface area contributed by atoms with Gasteiger partial charge in [0.15, 0.2) is 0 Å². The molecule has 1 aromatic heterocycles. The first-order chi connectivity index (χ1) is 10.8. The standard InChI is InChI=1S/C15H21IN4O3/c1-7(2)12(19(3)15(22)23)14(21)20-9-4-8(9)5-10(20)13-17-6-11(16)18-13/h6-10,12H,4-5H2,1-3H3,(H,17,18)(H,22,23)/t8-,9-,10+,12+/m1/s1. The van der Waals surface area contributed by atoms with Gasteiger partial charge in [-0.2, -0.15) is 0 Å². The number of hydrogen-bond acceptors (Lipinski definition) is 3. The molecule has 23 heavy (non-hydrogen) atoms. The Morgan fingerprint density at radius 1 is 1.48 bits per heavy atom. The molecule has 0 radical (unpaired) electrons. The molecule has 4 atom stereocenters. The molecule has 2 amide bonds. The lowest BCUT2D eigenvalue weighted by Crippen LogP contribution is -2.52. The highest BCUT2D eigenvalue weighted by atomic mass is 127. The van der Waals surface area contributed by atoms with Crippen LogP contribution in [0.1, 0.15) is 38.6 Å². The van der Waals surface area contributed by atoms with Gasteiger partial charge in [0, 0.05) is 13.1 Å². The third-order valence-electron chi connectivity index (χ3n) is 4.84. The molecule has 126 valence electrons. The van der Waals surface area contributed by atoms with Crippen LogP contribution in [0, 0.1) is 15.5 Å². The van der Waals surface area contributed by atoms with E-state index in [4.69, 9.17) is 0 Å². The number of carbonyl (C=O) groups is 2. The molecule has 0 spiro atoms. The topological polar surface area (TPSA) is 89.5 Å². The molecule has 1 aromatic rings. The minimum atomic E-state index is -1.08. The van der Waals surface area contributed by atoms with E-state index in [1.54, 1.807) is 6.20 Å². The number of imidazole rings is 1. The van der Waals surface area contributed by atoms with Gasteiger partial charge in [0.25, 0.3) is 0 Å². The Balaban J connectivity index is 1.87. The minimum absolute atomic E-state index is 0.0711. The first-order valence-electron chi connectivity index (χ1n) is 7.79. The van der Waals surface area contributed by atoms with Crippen molar-refractivity contribution in [3.63, 3.8) is 0 Å². The van der Waals surface area contributed by atoms with E-state index in [0.29, 0.717) is 5.92 Å². The van der Waals surface area contributed by atoms with Crippen LogP contribution in [-0.4, -0.2) is 56.0 Å². The number of carboxylic acid groups (broad SMARTS) is 1. The summed E-state index contributed by atoms with van der Waals surface area (Å²) in [6, 6.07) is -0.500. The van der Waals surface area contributed by atoms with Gasteiger partial charge in [0.05, 0.1) is 15.9 Å². The minimum Gasteiger partial charge on any atom is -0.465 e. The summed E-state index contributed by atoms with van der Waals surface area (Å²) in [5.74, 6) is 1.13. The number of aromatic amines is 1. The maximum absolute atomic E-state index is 13.1. The van der Waals surface area contributed by atoms with Gasteiger partial charge >= 0.3 is 6.09 Å². The Bertz CT molecular complexity index is 632. The van der Waals surface area contributed by atoms with E-state index in [0.717, 1.165) is 27.3 Å². The van der Waals surface area contributed by atoms with Gasteiger partial charge in [-0.3, -0.25) is 9.69 Å². The quantitative estimate of drug-likeness (QED) is 0.715. The lowest BCUT2D eigenvalue weighted by Gasteiger charge is -2.35. The Kier molecular flexibility index (Phi) is 4.28. The number of nitrogens with zero attached hydrogens (tertiary/aromatic N) is 3. The fourth-order valence-corrected chi connectivity index (χ4v) is 4.09. The van der Waals surface area contributed by atoms with Crippen LogP contribution in [0.2, 0.25) is 0 Å². The summed E-state index contributed by atoms with van der Waals surface area (Å²) in [5, 5.41) is 9.29. The lowest BCUT2D eigenvalue weighted by atomic mass is 10.0. The Hall–Kier alpha value is -1.32. The smallest absolute Gasteiger partial charge is 0.407 e. The maximum atomic E-state index is 13.1. The molecule has 1 saturated heterocycles. The molecule has 7 nitrogen and oxygen atoms in total. The first kappa shape index (κ1) is 16.5. The molecule has 8 heteroatoms. The molecule has 0 aromatic carbocycles. The monoisotopic (exact) mass is 432 g/mol. The van der Waals surface area contributed by atoms with Crippen molar-refractivity contribution in [3.8, 4) is 0 Å². The van der Waals surface area contributed by atoms with Gasteiger partial charge in [-0.1, -0.05) is 13.8 Å². The van der Waals surface area contributed by atoms with Gasteiger partial charge < -0.3 is 15.0 Å². The highest BCUT2D eigenvalue weighted by molar-refractivity contribution is 14.1. The van der Waals surface area contributed by atoms with Crippen molar-refractivity contribution in [2.75, 3.05) is 7.05 Å². The van der Waals surface area contributed by atoms with Crippen LogP contribution in [-0.2, 0) is 4.79 Å². The summed E-state index contributed by atoms with van der Waals surface area (Å²) in [6.07, 6.45) is 2.60. The van der Waals surface area contributed by atoms with Gasteiger partial charge in [-0.25, -0.2) is 9.78 Å². The number of rotatable bonds is 4. The van der Waals surface area contributed by atoms with E-state index in [9.17, 15) is 14.7 Å². The number of hydrogen-bond donors (Lipinski definition) is 2. The fraction of sp³-hybridized carbons (Fsp3) is 0.667. The summed E-state index contributed by atoms with van der Waals surface area (Å²) in [6.45, 7) is 3.76. The van der Waals surface area contributed by atoms with Crippen LogP contribution in [0.4, 0.5) is 4.79 Å². The Labute approximate surface area is 148 Å². The number of aromatic nitrogens is 2. The number of likely N-dealkylation sites (tertiary alicyclic amines) is 1. The number of carbonyl (C=O) groups excluding carboxylic acids is 1. The van der Waals surface area contributed by atoms with Crippen molar-refractivity contribution < 1.29 is 14.7 Å². The predicted molar refractivity (Wildman–Crippen MR) is 91.8 cm³/mol. The zero-order valence-electron chi connectivity index (χ0n) is 13.4. The van der Waals surface area contributed by atoms with Crippen LogP contribution in [0.25, 0.3) is 0 Å². The van der Waals surface area contributed by atoms with Crippen molar-refractivity contribution in [3.05, 3.63) is 15.7 Å². The van der Waals surface area contributed by atoms with E-state index in [2.05, 4.69) is 32.6 Å². The van der Waals surface area contributed by atoms with Gasteiger partial charge in [-0.15, -0.1) is 0 Å². The molecule has 2 aliphatic rings. The molecule has 0 bridgehead atoms. The fourth-order valence-electron chi connectivity index (χ4n) is 3.67. The van der Waals surface area contributed by atoms with E-state index in [1.807, 2.05) is 18.7 Å². The summed E-state index contributed by atoms with van der Waals surface area (Å²) < 4.78 is 0.939. The zero-order chi connectivity index (χ0) is 16.9. The number of H-pyrrole nitrogens is 1. The SMILES string of the molecule is CC(C)[C@@H](C(=O)N1[C@@H]2C[C@@H]2C[C@H]1c1ncc(I)[nH]1)N(C)C(=O)O. The van der Waals surface area contributed by atoms with Gasteiger partial charge in [-0.05, 0) is 47.3 Å². The molecule has 0 unspecified atom stereocenters. The van der Waals surface area contributed by atoms with Crippen LogP contribution in [0.3, 0.4) is 0 Å². The number of likely N-dealkylation sites (N-methyl/N-ethyl adjacent to an activating group) is 1. The molecule has 3 rings (SSSR count). The van der Waals surface area contributed by atoms with Crippen molar-refractivity contribution in [2.24, 2.45) is 11.8 Å². The van der Waals surface area contributed by atoms with Crippen LogP contribution in [0.5, 0.6) is 0 Å². The van der Waals surface area contributed by atoms with Crippen molar-refractivity contribution in [1.29, 1.82) is 0 Å². The number of nitrogens with one attached hydrogen (secondary N) is 1. The van der Waals surface area contributed by atoms with E-state index < -0.39 is 12.1 Å². The lowest BCUT2D eigenvalue weighted by molar-refractivity contribution is -0.139. The molecule has 1 aliphatic heterocycles. The van der Waals surface area contributed by atoms with Crippen LogP contribution in [0.15, 0.2) is 6.20 Å². The zero-order valence-corrected chi connectivity index (χ0v) is 15.5. The molecular weight excluding hydrogens is 411 g/mol. The highest BCUT2D eigenvalue weighted by Gasteiger charge is 2.56. The number of fused-ring (bicyclic) bond motifs is 1. The Morgan fingerprint density at radius 2 is 2.17 bits per heavy atom. The summed E-state index contributed by atoms with van der Waals surface area (Å²) in [5.41, 5.74) is 0. The summed E-state index contributed by atoms with van der Waals surface area (Å²) in [7, 11) is 1.47. The summed E-state index contributed by atoms with van der Waals surface area (Å²) >= 11 is 2.16. The molecule has 1 saturated carbocycles. The predicted octanol–water partition coefficient (Wildman–Crippen LogP) is 2.31. The molecular formula is C15H21IN4O3.